The van der Waals surface area contributed by atoms with Gasteiger partial charge in [-0.05, 0) is 41.1 Å². The van der Waals surface area contributed by atoms with E-state index >= 15 is 0 Å². The third kappa shape index (κ3) is 2.43. The zero-order valence-corrected chi connectivity index (χ0v) is 11.6. The van der Waals surface area contributed by atoms with Gasteiger partial charge in [0.05, 0.1) is 6.04 Å². The number of hydrogen-bond donors (Lipinski definition) is 2. The van der Waals surface area contributed by atoms with Crippen LogP contribution in [0.2, 0.25) is 0 Å². The van der Waals surface area contributed by atoms with Gasteiger partial charge in [0.1, 0.15) is 0 Å². The van der Waals surface area contributed by atoms with E-state index in [1.165, 1.54) is 0 Å². The van der Waals surface area contributed by atoms with Crippen molar-refractivity contribution in [1.29, 1.82) is 0 Å². The van der Waals surface area contributed by atoms with Crippen molar-refractivity contribution < 1.29 is 0 Å². The lowest BCUT2D eigenvalue weighted by molar-refractivity contribution is 0.548. The minimum absolute atomic E-state index is 0.00755. The molecule has 0 aliphatic heterocycles. The monoisotopic (exact) mass is 280 g/mol. The lowest BCUT2D eigenvalue weighted by Gasteiger charge is -2.14. The number of anilines is 2. The molecule has 0 fully saturated rings. The Balaban J connectivity index is 2.05. The van der Waals surface area contributed by atoms with Crippen molar-refractivity contribution in [3.05, 3.63) is 54.1 Å². The second-order valence-corrected chi connectivity index (χ2v) is 4.88. The third-order valence-corrected chi connectivity index (χ3v) is 3.46. The predicted molar refractivity (Wildman–Crippen MR) is 82.3 cm³/mol. The molecule has 1 atom stereocenters. The van der Waals surface area contributed by atoms with E-state index in [0.29, 0.717) is 17.2 Å². The maximum atomic E-state index is 6.03. The maximum absolute atomic E-state index is 6.03. The summed E-state index contributed by atoms with van der Waals surface area (Å²) in [4.78, 5) is 0. The second-order valence-electron chi connectivity index (χ2n) is 4.88. The van der Waals surface area contributed by atoms with E-state index < -0.39 is 0 Å². The highest BCUT2D eigenvalue weighted by Gasteiger charge is 2.17. The number of nitrogens with zero attached hydrogens (tertiary/aromatic N) is 4. The molecule has 0 spiro atoms. The Morgan fingerprint density at radius 1 is 1.05 bits per heavy atom. The molecule has 0 aliphatic rings. The van der Waals surface area contributed by atoms with Gasteiger partial charge in [0.15, 0.2) is 5.82 Å². The summed E-state index contributed by atoms with van der Waals surface area (Å²) in [5.74, 6) is 0.629. The number of rotatable bonds is 3. The Labute approximate surface area is 122 Å². The normalized spacial score (nSPS) is 12.2. The lowest BCUT2D eigenvalue weighted by atomic mass is 10.1. The number of hydrogen-bond acceptors (Lipinski definition) is 5. The van der Waals surface area contributed by atoms with Gasteiger partial charge in [-0.1, -0.05) is 30.3 Å². The smallest absolute Gasteiger partial charge is 0.184 e. The van der Waals surface area contributed by atoms with Gasteiger partial charge >= 0.3 is 0 Å². The van der Waals surface area contributed by atoms with Crippen LogP contribution in [0.1, 0.15) is 18.5 Å². The molecule has 0 saturated carbocycles. The highest BCUT2D eigenvalue weighted by atomic mass is 15.5. The van der Waals surface area contributed by atoms with Crippen molar-refractivity contribution in [2.75, 3.05) is 11.5 Å². The van der Waals surface area contributed by atoms with Crippen LogP contribution in [0, 0.1) is 0 Å². The molecule has 21 heavy (non-hydrogen) atoms. The molecule has 0 saturated heterocycles. The summed E-state index contributed by atoms with van der Waals surface area (Å²) in [6.07, 6.45) is 0. The molecule has 1 heterocycles. The van der Waals surface area contributed by atoms with Gasteiger partial charge in [0.25, 0.3) is 0 Å². The number of nitrogens with two attached hydrogens (primary N) is 2. The van der Waals surface area contributed by atoms with Crippen molar-refractivity contribution >= 4 is 11.4 Å². The summed E-state index contributed by atoms with van der Waals surface area (Å²) in [5, 5.41) is 12.0. The zero-order valence-electron chi connectivity index (χ0n) is 11.6. The molecule has 0 amide bonds. The third-order valence-electron chi connectivity index (χ3n) is 3.46. The van der Waals surface area contributed by atoms with E-state index in [4.69, 9.17) is 11.5 Å². The summed E-state index contributed by atoms with van der Waals surface area (Å²) >= 11 is 0. The van der Waals surface area contributed by atoms with E-state index in [2.05, 4.69) is 15.5 Å². The minimum atomic E-state index is 0.00755. The molecule has 0 radical (unpaired) electrons. The first-order valence-corrected chi connectivity index (χ1v) is 6.65. The fourth-order valence-electron chi connectivity index (χ4n) is 2.29. The van der Waals surface area contributed by atoms with Crippen LogP contribution < -0.4 is 11.5 Å². The summed E-state index contributed by atoms with van der Waals surface area (Å²) in [6, 6.07) is 15.4. The molecule has 6 nitrogen and oxygen atoms in total. The minimum Gasteiger partial charge on any atom is -0.399 e. The lowest BCUT2D eigenvalue weighted by Crippen LogP contribution is -2.11. The van der Waals surface area contributed by atoms with Gasteiger partial charge in [-0.15, -0.1) is 5.10 Å². The first-order valence-electron chi connectivity index (χ1n) is 6.65. The standard InChI is InChI=1S/C15H16N6/c1-10(11-5-3-2-4-6-11)21-15(18-19-20-21)13-8-7-12(16)9-14(13)17/h2-10H,16-17H2,1H3. The quantitative estimate of drug-likeness (QED) is 0.716. The van der Waals surface area contributed by atoms with Gasteiger partial charge in [-0.25, -0.2) is 4.68 Å². The maximum Gasteiger partial charge on any atom is 0.184 e. The molecule has 0 bridgehead atoms. The molecule has 0 aliphatic carbocycles. The molecule has 6 heteroatoms. The number of tetrazole rings is 1. The van der Waals surface area contributed by atoms with Gasteiger partial charge in [0.2, 0.25) is 0 Å². The van der Waals surface area contributed by atoms with Crippen molar-refractivity contribution in [2.24, 2.45) is 0 Å². The van der Waals surface area contributed by atoms with Crippen LogP contribution in [0.5, 0.6) is 0 Å². The van der Waals surface area contributed by atoms with Gasteiger partial charge in [0, 0.05) is 16.9 Å². The van der Waals surface area contributed by atoms with Crippen LogP contribution in [0.3, 0.4) is 0 Å². The van der Waals surface area contributed by atoms with Gasteiger partial charge in [-0.3, -0.25) is 0 Å². The Morgan fingerprint density at radius 2 is 1.81 bits per heavy atom. The van der Waals surface area contributed by atoms with Gasteiger partial charge < -0.3 is 11.5 Å². The van der Waals surface area contributed by atoms with Crippen molar-refractivity contribution in [1.82, 2.24) is 20.2 Å². The van der Waals surface area contributed by atoms with E-state index in [9.17, 15) is 0 Å². The summed E-state index contributed by atoms with van der Waals surface area (Å²) < 4.78 is 1.76. The molecule has 2 aromatic carbocycles. The Bertz CT molecular complexity index is 750. The van der Waals surface area contributed by atoms with E-state index in [0.717, 1.165) is 11.1 Å². The fraction of sp³-hybridized carbons (Fsp3) is 0.133. The molecule has 1 aromatic heterocycles. The van der Waals surface area contributed by atoms with Crippen LogP contribution in [-0.2, 0) is 0 Å². The van der Waals surface area contributed by atoms with E-state index in [1.807, 2.05) is 43.3 Å². The first-order chi connectivity index (χ1) is 10.2. The SMILES string of the molecule is CC(c1ccccc1)n1nnnc1-c1ccc(N)cc1N. The highest BCUT2D eigenvalue weighted by Crippen LogP contribution is 2.28. The number of benzene rings is 2. The number of nitrogen functional groups attached to an aromatic ring is 2. The predicted octanol–water partition coefficient (Wildman–Crippen LogP) is 2.11. The molecule has 3 rings (SSSR count). The topological polar surface area (TPSA) is 95.6 Å². The average Bonchev–Trinajstić information content (AvgIpc) is 2.96. The van der Waals surface area contributed by atoms with Crippen LogP contribution in [0.4, 0.5) is 11.4 Å². The van der Waals surface area contributed by atoms with Crippen molar-refractivity contribution in [2.45, 2.75) is 13.0 Å². The first kappa shape index (κ1) is 13.1. The van der Waals surface area contributed by atoms with Crippen LogP contribution >= 0.6 is 0 Å². The zero-order chi connectivity index (χ0) is 14.8. The molecular formula is C15H16N6. The molecule has 106 valence electrons. The van der Waals surface area contributed by atoms with Crippen LogP contribution in [-0.4, -0.2) is 20.2 Å². The molecule has 3 aromatic rings. The van der Waals surface area contributed by atoms with Gasteiger partial charge in [-0.2, -0.15) is 0 Å². The molecular weight excluding hydrogens is 264 g/mol. The second kappa shape index (κ2) is 5.24. The van der Waals surface area contributed by atoms with Crippen molar-refractivity contribution in [3.8, 4) is 11.4 Å². The summed E-state index contributed by atoms with van der Waals surface area (Å²) in [5.41, 5.74) is 14.8. The van der Waals surface area contributed by atoms with Crippen molar-refractivity contribution in [3.63, 3.8) is 0 Å². The Kier molecular flexibility index (Phi) is 3.27. The highest BCUT2D eigenvalue weighted by molar-refractivity contribution is 5.74. The molecule has 4 N–H and O–H groups in total. The largest absolute Gasteiger partial charge is 0.399 e. The van der Waals surface area contributed by atoms with Crippen LogP contribution in [0.15, 0.2) is 48.5 Å². The van der Waals surface area contributed by atoms with Crippen LogP contribution in [0.25, 0.3) is 11.4 Å². The Hall–Kier alpha value is -2.89. The van der Waals surface area contributed by atoms with E-state index in [-0.39, 0.29) is 6.04 Å². The Morgan fingerprint density at radius 3 is 2.52 bits per heavy atom. The fourth-order valence-corrected chi connectivity index (χ4v) is 2.29. The molecule has 1 unspecified atom stereocenters. The summed E-state index contributed by atoms with van der Waals surface area (Å²) in [7, 11) is 0. The summed E-state index contributed by atoms with van der Waals surface area (Å²) in [6.45, 7) is 2.04. The van der Waals surface area contributed by atoms with E-state index in [1.54, 1.807) is 16.8 Å². The number of aromatic nitrogens is 4. The average molecular weight is 280 g/mol.